The highest BCUT2D eigenvalue weighted by Gasteiger charge is 2.15. The lowest BCUT2D eigenvalue weighted by molar-refractivity contribution is 0.0699. The SMILES string of the molecule is Cc1cc(-c2ccc(Cl)cc2)nc2c(C(=O)O)cnn12. The van der Waals surface area contributed by atoms with Crippen LogP contribution in [0.4, 0.5) is 0 Å². The van der Waals surface area contributed by atoms with Crippen LogP contribution in [0.1, 0.15) is 16.1 Å². The van der Waals surface area contributed by atoms with E-state index in [0.717, 1.165) is 11.3 Å². The molecule has 0 aliphatic carbocycles. The summed E-state index contributed by atoms with van der Waals surface area (Å²) in [7, 11) is 0. The van der Waals surface area contributed by atoms with Gasteiger partial charge >= 0.3 is 5.97 Å². The minimum Gasteiger partial charge on any atom is -0.477 e. The molecule has 1 aromatic carbocycles. The first-order valence-electron chi connectivity index (χ1n) is 5.91. The fraction of sp³-hybridized carbons (Fsp3) is 0.0714. The summed E-state index contributed by atoms with van der Waals surface area (Å²) in [4.78, 5) is 15.6. The zero-order valence-electron chi connectivity index (χ0n) is 10.5. The molecule has 0 aliphatic heterocycles. The van der Waals surface area contributed by atoms with E-state index in [-0.39, 0.29) is 5.56 Å². The highest BCUT2D eigenvalue weighted by atomic mass is 35.5. The predicted molar refractivity (Wildman–Crippen MR) is 75.1 cm³/mol. The molecule has 0 spiro atoms. The van der Waals surface area contributed by atoms with Gasteiger partial charge in [-0.2, -0.15) is 5.10 Å². The molecule has 20 heavy (non-hydrogen) atoms. The number of hydrogen-bond acceptors (Lipinski definition) is 3. The Morgan fingerprint density at radius 2 is 2.00 bits per heavy atom. The van der Waals surface area contributed by atoms with E-state index < -0.39 is 5.97 Å². The van der Waals surface area contributed by atoms with Crippen molar-refractivity contribution in [2.45, 2.75) is 6.92 Å². The molecule has 0 bridgehead atoms. The van der Waals surface area contributed by atoms with Crippen molar-refractivity contribution in [2.24, 2.45) is 0 Å². The number of hydrogen-bond donors (Lipinski definition) is 1. The van der Waals surface area contributed by atoms with E-state index in [1.807, 2.05) is 25.1 Å². The van der Waals surface area contributed by atoms with Crippen molar-refractivity contribution in [3.05, 3.63) is 52.8 Å². The van der Waals surface area contributed by atoms with Crippen LogP contribution < -0.4 is 0 Å². The molecule has 100 valence electrons. The van der Waals surface area contributed by atoms with E-state index in [2.05, 4.69) is 10.1 Å². The van der Waals surface area contributed by atoms with E-state index in [4.69, 9.17) is 16.7 Å². The molecule has 2 aromatic heterocycles. The van der Waals surface area contributed by atoms with Crippen LogP contribution >= 0.6 is 11.6 Å². The quantitative estimate of drug-likeness (QED) is 0.786. The summed E-state index contributed by atoms with van der Waals surface area (Å²) in [6.45, 7) is 1.85. The van der Waals surface area contributed by atoms with Gasteiger partial charge in [0.15, 0.2) is 5.65 Å². The molecule has 6 heteroatoms. The first-order valence-corrected chi connectivity index (χ1v) is 6.28. The lowest BCUT2D eigenvalue weighted by atomic mass is 10.1. The maximum absolute atomic E-state index is 11.2. The second-order valence-corrected chi connectivity index (χ2v) is 4.82. The van der Waals surface area contributed by atoms with Crippen molar-refractivity contribution in [3.8, 4) is 11.3 Å². The third-order valence-electron chi connectivity index (χ3n) is 3.02. The minimum absolute atomic E-state index is 0.0870. The summed E-state index contributed by atoms with van der Waals surface area (Å²) < 4.78 is 1.52. The number of carboxylic acids is 1. The third-order valence-corrected chi connectivity index (χ3v) is 3.27. The van der Waals surface area contributed by atoms with Gasteiger partial charge in [0.05, 0.1) is 11.9 Å². The van der Waals surface area contributed by atoms with Crippen molar-refractivity contribution >= 4 is 23.2 Å². The molecule has 2 heterocycles. The Labute approximate surface area is 119 Å². The first kappa shape index (κ1) is 12.6. The van der Waals surface area contributed by atoms with E-state index in [1.54, 1.807) is 12.1 Å². The minimum atomic E-state index is -1.04. The van der Waals surface area contributed by atoms with Gasteiger partial charge in [0.1, 0.15) is 5.56 Å². The maximum atomic E-state index is 11.2. The van der Waals surface area contributed by atoms with Crippen LogP contribution in [-0.2, 0) is 0 Å². The van der Waals surface area contributed by atoms with E-state index in [0.29, 0.717) is 16.4 Å². The Kier molecular flexibility index (Phi) is 2.91. The standard InChI is InChI=1S/C14H10ClN3O2/c1-8-6-12(9-2-4-10(15)5-3-9)17-13-11(14(19)20)7-16-18(8)13/h2-7H,1H3,(H,19,20). The smallest absolute Gasteiger partial charge is 0.341 e. The fourth-order valence-electron chi connectivity index (χ4n) is 2.03. The summed E-state index contributed by atoms with van der Waals surface area (Å²) >= 11 is 5.86. The lowest BCUT2D eigenvalue weighted by Crippen LogP contribution is -2.01. The van der Waals surface area contributed by atoms with Crippen LogP contribution in [-0.4, -0.2) is 25.7 Å². The Morgan fingerprint density at radius 3 is 2.65 bits per heavy atom. The van der Waals surface area contributed by atoms with Crippen molar-refractivity contribution in [2.75, 3.05) is 0 Å². The van der Waals surface area contributed by atoms with Crippen molar-refractivity contribution in [3.63, 3.8) is 0 Å². The topological polar surface area (TPSA) is 67.5 Å². The van der Waals surface area contributed by atoms with Crippen molar-refractivity contribution < 1.29 is 9.90 Å². The zero-order valence-corrected chi connectivity index (χ0v) is 11.3. The van der Waals surface area contributed by atoms with Gasteiger partial charge in [-0.3, -0.25) is 0 Å². The van der Waals surface area contributed by atoms with Gasteiger partial charge in [0, 0.05) is 16.3 Å². The Balaban J connectivity index is 2.24. The molecule has 0 saturated carbocycles. The van der Waals surface area contributed by atoms with Gasteiger partial charge in [-0.05, 0) is 25.1 Å². The van der Waals surface area contributed by atoms with Gasteiger partial charge in [0.2, 0.25) is 0 Å². The maximum Gasteiger partial charge on any atom is 0.341 e. The van der Waals surface area contributed by atoms with Crippen LogP contribution in [0.3, 0.4) is 0 Å². The van der Waals surface area contributed by atoms with Crippen molar-refractivity contribution in [1.82, 2.24) is 14.6 Å². The molecule has 0 unspecified atom stereocenters. The number of carbonyl (C=O) groups is 1. The number of rotatable bonds is 2. The molecule has 0 fully saturated rings. The molecule has 3 rings (SSSR count). The predicted octanol–water partition coefficient (Wildman–Crippen LogP) is 3.06. The third kappa shape index (κ3) is 2.02. The molecular formula is C14H10ClN3O2. The highest BCUT2D eigenvalue weighted by Crippen LogP contribution is 2.22. The number of halogens is 1. The van der Waals surface area contributed by atoms with Crippen LogP contribution in [0.25, 0.3) is 16.9 Å². The number of aromatic nitrogens is 3. The molecule has 0 saturated heterocycles. The lowest BCUT2D eigenvalue weighted by Gasteiger charge is -2.05. The molecule has 0 aliphatic rings. The summed E-state index contributed by atoms with van der Waals surface area (Å²) in [6.07, 6.45) is 1.31. The monoisotopic (exact) mass is 287 g/mol. The molecule has 5 nitrogen and oxygen atoms in total. The van der Waals surface area contributed by atoms with Gasteiger partial charge in [-0.15, -0.1) is 0 Å². The fourth-order valence-corrected chi connectivity index (χ4v) is 2.16. The number of fused-ring (bicyclic) bond motifs is 1. The van der Waals surface area contributed by atoms with Gasteiger partial charge in [0.25, 0.3) is 0 Å². The summed E-state index contributed by atoms with van der Waals surface area (Å²) in [5, 5.41) is 13.8. The molecule has 3 aromatic rings. The van der Waals surface area contributed by atoms with Crippen LogP contribution in [0.2, 0.25) is 5.02 Å². The first-order chi connectivity index (χ1) is 9.56. The molecule has 0 atom stereocenters. The summed E-state index contributed by atoms with van der Waals surface area (Å²) in [6, 6.07) is 9.09. The second kappa shape index (κ2) is 4.61. The van der Waals surface area contributed by atoms with Gasteiger partial charge in [-0.1, -0.05) is 23.7 Å². The average Bonchev–Trinajstić information content (AvgIpc) is 2.84. The molecular weight excluding hydrogens is 278 g/mol. The second-order valence-electron chi connectivity index (χ2n) is 4.39. The van der Waals surface area contributed by atoms with Gasteiger partial charge in [-0.25, -0.2) is 14.3 Å². The van der Waals surface area contributed by atoms with Crippen LogP contribution in [0.15, 0.2) is 36.5 Å². The van der Waals surface area contributed by atoms with Crippen LogP contribution in [0, 0.1) is 6.92 Å². The van der Waals surface area contributed by atoms with E-state index in [9.17, 15) is 4.79 Å². The van der Waals surface area contributed by atoms with Crippen molar-refractivity contribution in [1.29, 1.82) is 0 Å². The summed E-state index contributed by atoms with van der Waals surface area (Å²) in [5.41, 5.74) is 2.80. The molecule has 1 N–H and O–H groups in total. The largest absolute Gasteiger partial charge is 0.477 e. The highest BCUT2D eigenvalue weighted by molar-refractivity contribution is 6.30. The summed E-state index contributed by atoms with van der Waals surface area (Å²) in [5.74, 6) is -1.04. The Hall–Kier alpha value is -2.40. The van der Waals surface area contributed by atoms with E-state index in [1.165, 1.54) is 10.7 Å². The Bertz CT molecular complexity index is 809. The van der Waals surface area contributed by atoms with E-state index >= 15 is 0 Å². The average molecular weight is 288 g/mol. The number of carboxylic acid groups (broad SMARTS) is 1. The number of aryl methyl sites for hydroxylation is 1. The molecule has 0 amide bonds. The van der Waals surface area contributed by atoms with Crippen LogP contribution in [0.5, 0.6) is 0 Å². The van der Waals surface area contributed by atoms with Gasteiger partial charge < -0.3 is 5.11 Å². The Morgan fingerprint density at radius 1 is 1.30 bits per heavy atom. The number of aromatic carboxylic acids is 1. The number of benzene rings is 1. The number of nitrogens with zero attached hydrogens (tertiary/aromatic N) is 3. The molecule has 0 radical (unpaired) electrons. The normalized spacial score (nSPS) is 10.9. The zero-order chi connectivity index (χ0) is 14.3.